The summed E-state index contributed by atoms with van der Waals surface area (Å²) in [4.78, 5) is 2.16. The lowest BCUT2D eigenvalue weighted by Gasteiger charge is -2.25. The van der Waals surface area contributed by atoms with Crippen LogP contribution in [0, 0.1) is 12.3 Å². The van der Waals surface area contributed by atoms with E-state index in [0.717, 1.165) is 18.5 Å². The molecule has 0 aliphatic rings. The van der Waals surface area contributed by atoms with Crippen molar-refractivity contribution in [2.45, 2.75) is 19.1 Å². The van der Waals surface area contributed by atoms with E-state index >= 15 is 0 Å². The standard InChI is InChI=1S/C19H29NO5/c1-5-10-25-15-17(21)14-20(9-6-11-22-2)13-16-7-8-18(23-3)19(12-16)24-4/h1,7-8,12,17,21H,6,9-11,13-15H2,2-4H3/t17-/m0/s1. The molecular formula is C19H29NO5. The van der Waals surface area contributed by atoms with Crippen LogP contribution in [0.2, 0.25) is 0 Å². The summed E-state index contributed by atoms with van der Waals surface area (Å²) in [7, 11) is 4.91. The Morgan fingerprint density at radius 2 is 1.96 bits per heavy atom. The predicted molar refractivity (Wildman–Crippen MR) is 97.0 cm³/mol. The number of aliphatic hydroxyl groups excluding tert-OH is 1. The Morgan fingerprint density at radius 1 is 1.20 bits per heavy atom. The van der Waals surface area contributed by atoms with Gasteiger partial charge in [0.25, 0.3) is 0 Å². The van der Waals surface area contributed by atoms with Crippen LogP contribution in [0.4, 0.5) is 0 Å². The van der Waals surface area contributed by atoms with E-state index in [1.807, 2.05) is 18.2 Å². The summed E-state index contributed by atoms with van der Waals surface area (Å²) < 4.78 is 21.0. The third-order valence-corrected chi connectivity index (χ3v) is 3.64. The van der Waals surface area contributed by atoms with Crippen molar-refractivity contribution in [3.8, 4) is 23.8 Å². The van der Waals surface area contributed by atoms with Crippen LogP contribution in [0.3, 0.4) is 0 Å². The van der Waals surface area contributed by atoms with Gasteiger partial charge in [-0.1, -0.05) is 12.0 Å². The fraction of sp³-hybridized carbons (Fsp3) is 0.579. The van der Waals surface area contributed by atoms with Gasteiger partial charge in [-0.05, 0) is 24.1 Å². The topological polar surface area (TPSA) is 60.4 Å². The number of benzene rings is 1. The van der Waals surface area contributed by atoms with E-state index in [9.17, 15) is 5.11 Å². The minimum absolute atomic E-state index is 0.205. The van der Waals surface area contributed by atoms with Gasteiger partial charge in [-0.25, -0.2) is 0 Å². The van der Waals surface area contributed by atoms with Crippen molar-refractivity contribution in [2.24, 2.45) is 0 Å². The summed E-state index contributed by atoms with van der Waals surface area (Å²) in [6.07, 6.45) is 5.42. The average Bonchev–Trinajstić information content (AvgIpc) is 2.62. The SMILES string of the molecule is C#CCOC[C@@H](O)CN(CCCOC)Cc1ccc(OC)c(OC)c1. The molecule has 0 radical (unpaired) electrons. The van der Waals surface area contributed by atoms with Crippen LogP contribution in [0.1, 0.15) is 12.0 Å². The number of rotatable bonds is 13. The number of hydrogen-bond donors (Lipinski definition) is 1. The van der Waals surface area contributed by atoms with Crippen LogP contribution in [-0.4, -0.2) is 70.3 Å². The lowest BCUT2D eigenvalue weighted by Crippen LogP contribution is -2.35. The Bertz CT molecular complexity index is 529. The minimum Gasteiger partial charge on any atom is -0.493 e. The van der Waals surface area contributed by atoms with E-state index < -0.39 is 6.10 Å². The second-order valence-corrected chi connectivity index (χ2v) is 5.64. The van der Waals surface area contributed by atoms with E-state index in [4.69, 9.17) is 25.4 Å². The quantitative estimate of drug-likeness (QED) is 0.430. The molecule has 0 amide bonds. The smallest absolute Gasteiger partial charge is 0.161 e. The van der Waals surface area contributed by atoms with E-state index in [-0.39, 0.29) is 13.2 Å². The fourth-order valence-electron chi connectivity index (χ4n) is 2.51. The molecule has 6 heteroatoms. The number of aliphatic hydroxyl groups is 1. The third-order valence-electron chi connectivity index (χ3n) is 3.64. The molecule has 1 N–H and O–H groups in total. The fourth-order valence-corrected chi connectivity index (χ4v) is 2.51. The molecule has 6 nitrogen and oxygen atoms in total. The van der Waals surface area contributed by atoms with E-state index in [0.29, 0.717) is 31.2 Å². The van der Waals surface area contributed by atoms with Gasteiger partial charge in [-0.3, -0.25) is 4.90 Å². The monoisotopic (exact) mass is 351 g/mol. The van der Waals surface area contributed by atoms with Gasteiger partial charge in [0.1, 0.15) is 6.61 Å². The summed E-state index contributed by atoms with van der Waals surface area (Å²) >= 11 is 0. The van der Waals surface area contributed by atoms with Crippen LogP contribution >= 0.6 is 0 Å². The molecule has 0 fully saturated rings. The summed E-state index contributed by atoms with van der Waals surface area (Å²) in [6.45, 7) is 3.06. The van der Waals surface area contributed by atoms with Crippen LogP contribution in [0.25, 0.3) is 0 Å². The zero-order valence-corrected chi connectivity index (χ0v) is 15.4. The van der Waals surface area contributed by atoms with Crippen LogP contribution in [0.5, 0.6) is 11.5 Å². The number of methoxy groups -OCH3 is 3. The van der Waals surface area contributed by atoms with Crippen LogP contribution < -0.4 is 9.47 Å². The molecule has 0 spiro atoms. The normalized spacial score (nSPS) is 12.0. The number of terminal acetylenes is 1. The zero-order valence-electron chi connectivity index (χ0n) is 15.4. The van der Waals surface area contributed by atoms with Crippen molar-refractivity contribution in [1.29, 1.82) is 0 Å². The first-order valence-electron chi connectivity index (χ1n) is 8.26. The summed E-state index contributed by atoms with van der Waals surface area (Å²) in [5.74, 6) is 3.78. The predicted octanol–water partition coefficient (Wildman–Crippen LogP) is 1.55. The average molecular weight is 351 g/mol. The molecule has 25 heavy (non-hydrogen) atoms. The Balaban J connectivity index is 2.70. The maximum absolute atomic E-state index is 10.2. The van der Waals surface area contributed by atoms with Crippen molar-refractivity contribution in [1.82, 2.24) is 4.90 Å². The molecule has 0 saturated carbocycles. The Hall–Kier alpha value is -1.78. The van der Waals surface area contributed by atoms with Crippen molar-refractivity contribution < 1.29 is 24.1 Å². The van der Waals surface area contributed by atoms with Crippen molar-refractivity contribution in [3.63, 3.8) is 0 Å². The van der Waals surface area contributed by atoms with Crippen molar-refractivity contribution in [2.75, 3.05) is 54.2 Å². The van der Waals surface area contributed by atoms with Gasteiger partial charge in [0.05, 0.1) is 26.9 Å². The highest BCUT2D eigenvalue weighted by Crippen LogP contribution is 2.28. The van der Waals surface area contributed by atoms with Gasteiger partial charge in [0.15, 0.2) is 11.5 Å². The van der Waals surface area contributed by atoms with Crippen molar-refractivity contribution >= 4 is 0 Å². The maximum atomic E-state index is 10.2. The van der Waals surface area contributed by atoms with E-state index in [1.165, 1.54) is 0 Å². The molecular weight excluding hydrogens is 322 g/mol. The molecule has 1 aromatic rings. The first-order chi connectivity index (χ1) is 12.1. The second kappa shape index (κ2) is 12.6. The molecule has 0 saturated heterocycles. The highest BCUT2D eigenvalue weighted by atomic mass is 16.5. The minimum atomic E-state index is -0.601. The van der Waals surface area contributed by atoms with Gasteiger partial charge in [-0.2, -0.15) is 0 Å². The molecule has 0 unspecified atom stereocenters. The molecule has 1 aromatic carbocycles. The highest BCUT2D eigenvalue weighted by Gasteiger charge is 2.14. The Kier molecular flexibility index (Phi) is 10.7. The first kappa shape index (κ1) is 21.3. The summed E-state index contributed by atoms with van der Waals surface area (Å²) in [6, 6.07) is 5.82. The molecule has 1 atom stereocenters. The zero-order chi connectivity index (χ0) is 18.5. The van der Waals surface area contributed by atoms with Crippen molar-refractivity contribution in [3.05, 3.63) is 23.8 Å². The summed E-state index contributed by atoms with van der Waals surface area (Å²) in [5, 5.41) is 10.2. The Labute approximate surface area is 150 Å². The van der Waals surface area contributed by atoms with E-state index in [1.54, 1.807) is 21.3 Å². The first-order valence-corrected chi connectivity index (χ1v) is 8.26. The van der Waals surface area contributed by atoms with Crippen LogP contribution in [0.15, 0.2) is 18.2 Å². The number of nitrogens with zero attached hydrogens (tertiary/aromatic N) is 1. The number of ether oxygens (including phenoxy) is 4. The van der Waals surface area contributed by atoms with Gasteiger partial charge in [0, 0.05) is 33.4 Å². The number of hydrogen-bond acceptors (Lipinski definition) is 6. The molecule has 1 rings (SSSR count). The van der Waals surface area contributed by atoms with Gasteiger partial charge >= 0.3 is 0 Å². The maximum Gasteiger partial charge on any atom is 0.161 e. The van der Waals surface area contributed by atoms with Crippen LogP contribution in [-0.2, 0) is 16.0 Å². The van der Waals surface area contributed by atoms with Gasteiger partial charge in [-0.15, -0.1) is 6.42 Å². The third kappa shape index (κ3) is 8.23. The lowest BCUT2D eigenvalue weighted by atomic mass is 10.1. The molecule has 140 valence electrons. The highest BCUT2D eigenvalue weighted by molar-refractivity contribution is 5.42. The lowest BCUT2D eigenvalue weighted by molar-refractivity contribution is 0.0244. The molecule has 0 aromatic heterocycles. The van der Waals surface area contributed by atoms with Gasteiger partial charge in [0.2, 0.25) is 0 Å². The molecule has 0 heterocycles. The Morgan fingerprint density at radius 3 is 2.60 bits per heavy atom. The molecule has 0 bridgehead atoms. The summed E-state index contributed by atoms with van der Waals surface area (Å²) in [5.41, 5.74) is 1.08. The van der Waals surface area contributed by atoms with E-state index in [2.05, 4.69) is 10.8 Å². The molecule has 0 aliphatic heterocycles. The van der Waals surface area contributed by atoms with Gasteiger partial charge < -0.3 is 24.1 Å². The molecule has 0 aliphatic carbocycles. The largest absolute Gasteiger partial charge is 0.493 e. The second-order valence-electron chi connectivity index (χ2n) is 5.64.